The number of carbonyl (C=O) groups is 1. The summed E-state index contributed by atoms with van der Waals surface area (Å²) in [6.07, 6.45) is 1.60. The number of carbonyl (C=O) groups excluding carboxylic acids is 1. The Balaban J connectivity index is 2.31. The van der Waals surface area contributed by atoms with Crippen molar-refractivity contribution in [1.29, 1.82) is 0 Å². The minimum absolute atomic E-state index is 0.114. The number of aliphatic hydroxyl groups is 1. The number of benzene rings is 1. The van der Waals surface area contributed by atoms with Crippen LogP contribution in [0.3, 0.4) is 0 Å². The zero-order valence-electron chi connectivity index (χ0n) is 11.8. The highest BCUT2D eigenvalue weighted by Crippen LogP contribution is 2.16. The van der Waals surface area contributed by atoms with Gasteiger partial charge in [-0.2, -0.15) is 5.10 Å². The molecule has 0 bridgehead atoms. The molecule has 20 heavy (non-hydrogen) atoms. The van der Waals surface area contributed by atoms with Gasteiger partial charge in [-0.3, -0.25) is 0 Å². The standard InChI is InChI=1S/C15H18N2O3/c1-15(2,3)20-14(19)11-5-4-6-12(9-11)17-13(10-18)7-8-16-17/h4-9,18H,10H2,1-3H3. The van der Waals surface area contributed by atoms with E-state index in [-0.39, 0.29) is 12.6 Å². The van der Waals surface area contributed by atoms with Crippen molar-refractivity contribution >= 4 is 5.97 Å². The molecule has 1 heterocycles. The molecule has 0 aliphatic rings. The third-order valence-electron chi connectivity index (χ3n) is 2.61. The van der Waals surface area contributed by atoms with Crippen molar-refractivity contribution in [3.8, 4) is 5.69 Å². The predicted octanol–water partition coefficient (Wildman–Crippen LogP) is 2.32. The van der Waals surface area contributed by atoms with Crippen molar-refractivity contribution in [3.63, 3.8) is 0 Å². The van der Waals surface area contributed by atoms with Crippen molar-refractivity contribution in [2.75, 3.05) is 0 Å². The first kappa shape index (κ1) is 14.3. The van der Waals surface area contributed by atoms with Gasteiger partial charge in [0.1, 0.15) is 5.60 Å². The van der Waals surface area contributed by atoms with Crippen LogP contribution in [0.1, 0.15) is 36.8 Å². The van der Waals surface area contributed by atoms with Gasteiger partial charge in [0.15, 0.2) is 0 Å². The number of aromatic nitrogens is 2. The number of rotatable bonds is 3. The van der Waals surface area contributed by atoms with Crippen LogP contribution in [0.5, 0.6) is 0 Å². The van der Waals surface area contributed by atoms with E-state index in [9.17, 15) is 9.90 Å². The Morgan fingerprint density at radius 3 is 2.75 bits per heavy atom. The maximum atomic E-state index is 12.0. The van der Waals surface area contributed by atoms with Crippen LogP contribution < -0.4 is 0 Å². The molecule has 0 atom stereocenters. The van der Waals surface area contributed by atoms with Crippen LogP contribution in [-0.2, 0) is 11.3 Å². The lowest BCUT2D eigenvalue weighted by molar-refractivity contribution is 0.00695. The first-order valence-corrected chi connectivity index (χ1v) is 6.38. The van der Waals surface area contributed by atoms with E-state index in [0.29, 0.717) is 16.9 Å². The van der Waals surface area contributed by atoms with Gasteiger partial charge in [0, 0.05) is 6.20 Å². The van der Waals surface area contributed by atoms with Gasteiger partial charge in [0.25, 0.3) is 0 Å². The molecule has 0 radical (unpaired) electrons. The molecular formula is C15H18N2O3. The van der Waals surface area contributed by atoms with Gasteiger partial charge < -0.3 is 9.84 Å². The molecule has 106 valence electrons. The Labute approximate surface area is 117 Å². The Hall–Kier alpha value is -2.14. The highest BCUT2D eigenvalue weighted by Gasteiger charge is 2.18. The topological polar surface area (TPSA) is 64.4 Å². The highest BCUT2D eigenvalue weighted by atomic mass is 16.6. The zero-order valence-corrected chi connectivity index (χ0v) is 11.8. The van der Waals surface area contributed by atoms with Gasteiger partial charge in [-0.1, -0.05) is 6.07 Å². The van der Waals surface area contributed by atoms with Crippen LogP contribution in [0.4, 0.5) is 0 Å². The smallest absolute Gasteiger partial charge is 0.338 e. The molecule has 0 amide bonds. The van der Waals surface area contributed by atoms with E-state index >= 15 is 0 Å². The molecular weight excluding hydrogens is 256 g/mol. The van der Waals surface area contributed by atoms with Crippen molar-refractivity contribution in [2.24, 2.45) is 0 Å². The fraction of sp³-hybridized carbons (Fsp3) is 0.333. The predicted molar refractivity (Wildman–Crippen MR) is 74.7 cm³/mol. The van der Waals surface area contributed by atoms with Crippen molar-refractivity contribution < 1.29 is 14.6 Å². The molecule has 0 aliphatic heterocycles. The molecule has 2 aromatic rings. The summed E-state index contributed by atoms with van der Waals surface area (Å²) in [5, 5.41) is 13.4. The number of nitrogens with zero attached hydrogens (tertiary/aromatic N) is 2. The quantitative estimate of drug-likeness (QED) is 0.872. The average Bonchev–Trinajstić information content (AvgIpc) is 2.85. The molecule has 1 aromatic heterocycles. The monoisotopic (exact) mass is 274 g/mol. The largest absolute Gasteiger partial charge is 0.456 e. The minimum atomic E-state index is -0.533. The maximum Gasteiger partial charge on any atom is 0.338 e. The van der Waals surface area contributed by atoms with Crippen LogP contribution >= 0.6 is 0 Å². The third kappa shape index (κ3) is 3.24. The maximum absolute atomic E-state index is 12.0. The summed E-state index contributed by atoms with van der Waals surface area (Å²) < 4.78 is 6.93. The summed E-state index contributed by atoms with van der Waals surface area (Å²) in [5.74, 6) is -0.378. The lowest BCUT2D eigenvalue weighted by atomic mass is 10.1. The average molecular weight is 274 g/mol. The van der Waals surface area contributed by atoms with Crippen LogP contribution in [0.15, 0.2) is 36.5 Å². The molecule has 0 saturated carbocycles. The van der Waals surface area contributed by atoms with E-state index in [0.717, 1.165) is 0 Å². The second-order valence-corrected chi connectivity index (χ2v) is 5.44. The molecule has 0 saturated heterocycles. The summed E-state index contributed by atoms with van der Waals surface area (Å²) in [6.45, 7) is 5.36. The summed E-state index contributed by atoms with van der Waals surface area (Å²) in [4.78, 5) is 12.0. The fourth-order valence-electron chi connectivity index (χ4n) is 1.78. The van der Waals surface area contributed by atoms with E-state index in [1.54, 1.807) is 35.1 Å². The van der Waals surface area contributed by atoms with Gasteiger partial charge in [-0.25, -0.2) is 9.48 Å². The lowest BCUT2D eigenvalue weighted by Crippen LogP contribution is -2.24. The van der Waals surface area contributed by atoms with Crippen LogP contribution in [0.25, 0.3) is 5.69 Å². The molecule has 0 fully saturated rings. The summed E-state index contributed by atoms with van der Waals surface area (Å²) in [6, 6.07) is 8.69. The summed E-state index contributed by atoms with van der Waals surface area (Å²) in [7, 11) is 0. The van der Waals surface area contributed by atoms with Crippen molar-refractivity contribution in [2.45, 2.75) is 33.0 Å². The van der Waals surface area contributed by atoms with Crippen LogP contribution in [-0.4, -0.2) is 26.5 Å². The van der Waals surface area contributed by atoms with Crippen molar-refractivity contribution in [1.82, 2.24) is 9.78 Å². The lowest BCUT2D eigenvalue weighted by Gasteiger charge is -2.19. The molecule has 5 heteroatoms. The van der Waals surface area contributed by atoms with Gasteiger partial charge in [0.2, 0.25) is 0 Å². The van der Waals surface area contributed by atoms with E-state index < -0.39 is 5.60 Å². The Kier molecular flexibility index (Phi) is 3.90. The van der Waals surface area contributed by atoms with Crippen LogP contribution in [0, 0.1) is 0 Å². The molecule has 0 aliphatic carbocycles. The fourth-order valence-corrected chi connectivity index (χ4v) is 1.78. The molecule has 5 nitrogen and oxygen atoms in total. The Morgan fingerprint density at radius 2 is 2.10 bits per heavy atom. The second-order valence-electron chi connectivity index (χ2n) is 5.44. The number of aliphatic hydroxyl groups excluding tert-OH is 1. The molecule has 1 aromatic carbocycles. The Morgan fingerprint density at radius 1 is 1.35 bits per heavy atom. The van der Waals surface area contributed by atoms with E-state index in [4.69, 9.17) is 4.74 Å². The summed E-state index contributed by atoms with van der Waals surface area (Å²) >= 11 is 0. The molecule has 0 unspecified atom stereocenters. The summed E-state index contributed by atoms with van der Waals surface area (Å²) in [5.41, 5.74) is 1.29. The number of esters is 1. The number of hydrogen-bond donors (Lipinski definition) is 1. The number of ether oxygens (including phenoxy) is 1. The third-order valence-corrected chi connectivity index (χ3v) is 2.61. The highest BCUT2D eigenvalue weighted by molar-refractivity contribution is 5.90. The van der Waals surface area contributed by atoms with Crippen LogP contribution in [0.2, 0.25) is 0 Å². The first-order valence-electron chi connectivity index (χ1n) is 6.38. The Bertz CT molecular complexity index is 612. The van der Waals surface area contributed by atoms with E-state index in [2.05, 4.69) is 5.10 Å². The number of hydrogen-bond acceptors (Lipinski definition) is 4. The van der Waals surface area contributed by atoms with E-state index in [1.165, 1.54) is 0 Å². The van der Waals surface area contributed by atoms with Gasteiger partial charge in [0.05, 0.1) is 23.6 Å². The second kappa shape index (κ2) is 5.46. The molecule has 2 rings (SSSR count). The molecule has 0 spiro atoms. The van der Waals surface area contributed by atoms with Gasteiger partial charge in [-0.05, 0) is 45.0 Å². The normalized spacial score (nSPS) is 11.4. The van der Waals surface area contributed by atoms with Gasteiger partial charge in [-0.15, -0.1) is 0 Å². The van der Waals surface area contributed by atoms with E-state index in [1.807, 2.05) is 26.8 Å². The van der Waals surface area contributed by atoms with Crippen molar-refractivity contribution in [3.05, 3.63) is 47.8 Å². The zero-order chi connectivity index (χ0) is 14.8. The molecule has 1 N–H and O–H groups in total. The van der Waals surface area contributed by atoms with Gasteiger partial charge >= 0.3 is 5.97 Å². The minimum Gasteiger partial charge on any atom is -0.456 e. The first-order chi connectivity index (χ1) is 9.40. The SMILES string of the molecule is CC(C)(C)OC(=O)c1cccc(-n2nccc2CO)c1.